The van der Waals surface area contributed by atoms with Crippen LogP contribution in [-0.4, -0.2) is 24.3 Å². The predicted octanol–water partition coefficient (Wildman–Crippen LogP) is 1.63. The van der Waals surface area contributed by atoms with Crippen molar-refractivity contribution in [1.29, 1.82) is 0 Å². The highest BCUT2D eigenvalue weighted by atomic mass is 16.5. The lowest BCUT2D eigenvalue weighted by atomic mass is 9.98. The van der Waals surface area contributed by atoms with Gasteiger partial charge in [0.15, 0.2) is 0 Å². The van der Waals surface area contributed by atoms with Crippen molar-refractivity contribution in [2.45, 2.75) is 31.9 Å². The number of carbonyl (C=O) groups excluding carboxylic acids is 1. The Morgan fingerprint density at radius 1 is 1.41 bits per heavy atom. The summed E-state index contributed by atoms with van der Waals surface area (Å²) in [7, 11) is 1.34. The summed E-state index contributed by atoms with van der Waals surface area (Å²) in [5.74, 6) is -0.376. The normalized spacial score (nSPS) is 14.1. The Bertz CT molecular complexity index is 361. The Kier molecular flexibility index (Phi) is 5.12. The highest BCUT2D eigenvalue weighted by molar-refractivity contribution is 5.89. The van der Waals surface area contributed by atoms with E-state index >= 15 is 0 Å². The van der Waals surface area contributed by atoms with Crippen LogP contribution in [-0.2, 0) is 4.74 Å². The number of hydrogen-bond donors (Lipinski definition) is 2. The van der Waals surface area contributed by atoms with Crippen molar-refractivity contribution < 1.29 is 14.6 Å². The van der Waals surface area contributed by atoms with Crippen molar-refractivity contribution in [3.05, 3.63) is 35.4 Å². The molecule has 94 valence electrons. The van der Waals surface area contributed by atoms with Crippen LogP contribution in [0.1, 0.15) is 41.7 Å². The molecule has 0 aliphatic heterocycles. The van der Waals surface area contributed by atoms with Gasteiger partial charge in [0.2, 0.25) is 0 Å². The third-order valence-electron chi connectivity index (χ3n) is 2.72. The fraction of sp³-hybridized carbons (Fsp3) is 0.462. The topological polar surface area (TPSA) is 72.5 Å². The van der Waals surface area contributed by atoms with E-state index in [-0.39, 0.29) is 5.97 Å². The van der Waals surface area contributed by atoms with Crippen molar-refractivity contribution in [3.8, 4) is 0 Å². The van der Waals surface area contributed by atoms with Crippen LogP contribution in [0.2, 0.25) is 0 Å². The largest absolute Gasteiger partial charge is 0.465 e. The molecule has 0 spiro atoms. The molecule has 0 unspecified atom stereocenters. The summed E-state index contributed by atoms with van der Waals surface area (Å²) in [5.41, 5.74) is 7.22. The number of rotatable bonds is 5. The Labute approximate surface area is 101 Å². The number of ether oxygens (including phenoxy) is 1. The molecule has 0 fully saturated rings. The van der Waals surface area contributed by atoms with Crippen LogP contribution in [0.3, 0.4) is 0 Å². The smallest absolute Gasteiger partial charge is 0.337 e. The van der Waals surface area contributed by atoms with Crippen LogP contribution in [0.4, 0.5) is 0 Å². The second-order valence-corrected chi connectivity index (χ2v) is 4.00. The van der Waals surface area contributed by atoms with E-state index in [1.807, 2.05) is 6.92 Å². The summed E-state index contributed by atoms with van der Waals surface area (Å²) in [6.07, 6.45) is 0.999. The van der Waals surface area contributed by atoms with E-state index < -0.39 is 12.1 Å². The van der Waals surface area contributed by atoms with Crippen LogP contribution in [0, 0.1) is 0 Å². The molecule has 0 aromatic heterocycles. The van der Waals surface area contributed by atoms with Gasteiger partial charge < -0.3 is 15.6 Å². The fourth-order valence-electron chi connectivity index (χ4n) is 1.66. The minimum Gasteiger partial charge on any atom is -0.465 e. The fourth-order valence-corrected chi connectivity index (χ4v) is 1.66. The van der Waals surface area contributed by atoms with Gasteiger partial charge in [0, 0.05) is 0 Å². The standard InChI is InChI=1S/C13H19NO3/c1-3-4-11(15)12(14)9-5-7-10(8-6-9)13(16)17-2/h5-8,11-12,15H,3-4,14H2,1-2H3/t11-,12+/m1/s1. The number of carbonyl (C=O) groups is 1. The van der Waals surface area contributed by atoms with E-state index in [1.54, 1.807) is 24.3 Å². The first-order chi connectivity index (χ1) is 8.10. The molecule has 2 atom stereocenters. The highest BCUT2D eigenvalue weighted by Crippen LogP contribution is 2.18. The molecule has 0 radical (unpaired) electrons. The van der Waals surface area contributed by atoms with Crippen molar-refractivity contribution in [2.75, 3.05) is 7.11 Å². The second kappa shape index (κ2) is 6.37. The molecule has 0 heterocycles. The van der Waals surface area contributed by atoms with Gasteiger partial charge in [-0.2, -0.15) is 0 Å². The van der Waals surface area contributed by atoms with Crippen molar-refractivity contribution in [1.82, 2.24) is 0 Å². The molecule has 4 nitrogen and oxygen atoms in total. The third-order valence-corrected chi connectivity index (χ3v) is 2.72. The van der Waals surface area contributed by atoms with Gasteiger partial charge in [0.1, 0.15) is 0 Å². The van der Waals surface area contributed by atoms with Crippen LogP contribution in [0.5, 0.6) is 0 Å². The Hall–Kier alpha value is -1.39. The maximum absolute atomic E-state index is 11.2. The first-order valence-corrected chi connectivity index (χ1v) is 5.72. The Balaban J connectivity index is 2.76. The van der Waals surface area contributed by atoms with Gasteiger partial charge in [-0.15, -0.1) is 0 Å². The summed E-state index contributed by atoms with van der Waals surface area (Å²) in [4.78, 5) is 11.2. The zero-order valence-electron chi connectivity index (χ0n) is 10.2. The molecule has 0 aliphatic carbocycles. The highest BCUT2D eigenvalue weighted by Gasteiger charge is 2.16. The number of benzene rings is 1. The molecule has 1 aromatic rings. The van der Waals surface area contributed by atoms with Gasteiger partial charge in [-0.3, -0.25) is 0 Å². The maximum atomic E-state index is 11.2. The molecule has 0 saturated heterocycles. The van der Waals surface area contributed by atoms with E-state index in [2.05, 4.69) is 4.74 Å². The first kappa shape index (κ1) is 13.7. The maximum Gasteiger partial charge on any atom is 0.337 e. The molecule has 4 heteroatoms. The number of methoxy groups -OCH3 is 1. The molecule has 3 N–H and O–H groups in total. The zero-order valence-corrected chi connectivity index (χ0v) is 10.2. The predicted molar refractivity (Wildman–Crippen MR) is 65.6 cm³/mol. The number of aliphatic hydroxyl groups is 1. The second-order valence-electron chi connectivity index (χ2n) is 4.00. The van der Waals surface area contributed by atoms with Crippen molar-refractivity contribution in [2.24, 2.45) is 5.73 Å². The molecular formula is C13H19NO3. The van der Waals surface area contributed by atoms with Crippen LogP contribution < -0.4 is 5.73 Å². The quantitative estimate of drug-likeness (QED) is 0.763. The third kappa shape index (κ3) is 3.54. The average molecular weight is 237 g/mol. The molecule has 1 aromatic carbocycles. The van der Waals surface area contributed by atoms with E-state index in [0.717, 1.165) is 12.0 Å². The van der Waals surface area contributed by atoms with E-state index in [9.17, 15) is 9.90 Å². The molecule has 0 amide bonds. The van der Waals surface area contributed by atoms with Crippen molar-refractivity contribution in [3.63, 3.8) is 0 Å². The summed E-state index contributed by atoms with van der Waals surface area (Å²) >= 11 is 0. The number of hydrogen-bond acceptors (Lipinski definition) is 4. The van der Waals surface area contributed by atoms with Crippen LogP contribution in [0.25, 0.3) is 0 Å². The van der Waals surface area contributed by atoms with Crippen LogP contribution >= 0.6 is 0 Å². The summed E-state index contributed by atoms with van der Waals surface area (Å²) in [5, 5.41) is 9.78. The Morgan fingerprint density at radius 2 is 2.00 bits per heavy atom. The summed E-state index contributed by atoms with van der Waals surface area (Å²) in [6, 6.07) is 6.38. The van der Waals surface area contributed by atoms with Crippen LogP contribution in [0.15, 0.2) is 24.3 Å². The zero-order chi connectivity index (χ0) is 12.8. The average Bonchev–Trinajstić information content (AvgIpc) is 2.37. The lowest BCUT2D eigenvalue weighted by Crippen LogP contribution is -2.25. The van der Waals surface area contributed by atoms with Gasteiger partial charge >= 0.3 is 5.97 Å². The van der Waals surface area contributed by atoms with E-state index in [1.165, 1.54) is 7.11 Å². The summed E-state index contributed by atoms with van der Waals surface area (Å²) < 4.78 is 4.60. The minimum atomic E-state index is -0.552. The van der Waals surface area contributed by atoms with Gasteiger partial charge in [-0.1, -0.05) is 25.5 Å². The van der Waals surface area contributed by atoms with Gasteiger partial charge in [0.25, 0.3) is 0 Å². The first-order valence-electron chi connectivity index (χ1n) is 5.72. The van der Waals surface area contributed by atoms with Gasteiger partial charge in [-0.25, -0.2) is 4.79 Å². The number of aliphatic hydroxyl groups excluding tert-OH is 1. The monoisotopic (exact) mass is 237 g/mol. The lowest BCUT2D eigenvalue weighted by Gasteiger charge is -2.18. The lowest BCUT2D eigenvalue weighted by molar-refractivity contribution is 0.0600. The number of esters is 1. The molecule has 0 saturated carbocycles. The van der Waals surface area contributed by atoms with Gasteiger partial charge in [-0.05, 0) is 24.1 Å². The molecule has 17 heavy (non-hydrogen) atoms. The van der Waals surface area contributed by atoms with Gasteiger partial charge in [0.05, 0.1) is 24.8 Å². The summed E-state index contributed by atoms with van der Waals surface area (Å²) in [6.45, 7) is 2.00. The Morgan fingerprint density at radius 3 is 2.47 bits per heavy atom. The molecule has 0 bridgehead atoms. The van der Waals surface area contributed by atoms with E-state index in [4.69, 9.17) is 5.73 Å². The minimum absolute atomic E-state index is 0.376. The molecule has 1 rings (SSSR count). The molecule has 0 aliphatic rings. The molecular weight excluding hydrogens is 218 g/mol. The number of nitrogens with two attached hydrogens (primary N) is 1. The van der Waals surface area contributed by atoms with E-state index in [0.29, 0.717) is 12.0 Å². The van der Waals surface area contributed by atoms with Crippen molar-refractivity contribution >= 4 is 5.97 Å². The SMILES string of the molecule is CCC[C@@H](O)[C@@H](N)c1ccc(C(=O)OC)cc1.